The number of rotatable bonds is 9. The van der Waals surface area contributed by atoms with Crippen molar-refractivity contribution in [2.75, 3.05) is 32.8 Å². The molecule has 3 rings (SSSR count). The Kier molecular flexibility index (Phi) is 8.29. The first-order valence-electron chi connectivity index (χ1n) is 11.3. The summed E-state index contributed by atoms with van der Waals surface area (Å²) in [6, 6.07) is 3.31. The Labute approximate surface area is 184 Å². The van der Waals surface area contributed by atoms with Crippen molar-refractivity contribution in [3.8, 4) is 5.75 Å². The van der Waals surface area contributed by atoms with Gasteiger partial charge >= 0.3 is 0 Å². The van der Waals surface area contributed by atoms with E-state index in [2.05, 4.69) is 15.2 Å². The highest BCUT2D eigenvalue weighted by atomic mass is 19.1. The molecule has 31 heavy (non-hydrogen) atoms. The molecule has 2 heterocycles. The normalized spacial score (nSPS) is 18.2. The number of nitrogens with one attached hydrogen (secondary N) is 1. The lowest BCUT2D eigenvalue weighted by molar-refractivity contribution is 0.0496. The molecule has 2 aliphatic rings. The predicted octanol–water partition coefficient (Wildman–Crippen LogP) is 4.88. The fourth-order valence-electron chi connectivity index (χ4n) is 3.92. The van der Waals surface area contributed by atoms with E-state index in [-0.39, 0.29) is 11.4 Å². The Balaban J connectivity index is 1.31. The van der Waals surface area contributed by atoms with E-state index in [9.17, 15) is 8.78 Å². The molecule has 0 unspecified atom stereocenters. The molecule has 0 radical (unpaired) electrons. The highest BCUT2D eigenvalue weighted by Gasteiger charge is 2.20. The molecular formula is C24H35F2N3O2. The number of halogens is 2. The lowest BCUT2D eigenvalue weighted by Crippen LogP contribution is -2.35. The SMILES string of the molecule is CC(C)(C)OC1=CNCC(CCCN2CCC(CCOc3cc(F)ccc3F)CC2)=N1. The highest BCUT2D eigenvalue weighted by Crippen LogP contribution is 2.23. The third-order valence-electron chi connectivity index (χ3n) is 5.53. The minimum atomic E-state index is -0.512. The van der Waals surface area contributed by atoms with Gasteiger partial charge in [0.15, 0.2) is 11.6 Å². The summed E-state index contributed by atoms with van der Waals surface area (Å²) >= 11 is 0. The fourth-order valence-corrected chi connectivity index (χ4v) is 3.92. The van der Waals surface area contributed by atoms with E-state index in [1.54, 1.807) is 0 Å². The number of benzene rings is 1. The summed E-state index contributed by atoms with van der Waals surface area (Å²) in [5.74, 6) is 0.246. The van der Waals surface area contributed by atoms with E-state index < -0.39 is 11.6 Å². The Morgan fingerprint density at radius 2 is 1.97 bits per heavy atom. The van der Waals surface area contributed by atoms with Gasteiger partial charge in [0.2, 0.25) is 5.88 Å². The van der Waals surface area contributed by atoms with Crippen LogP contribution in [-0.2, 0) is 4.74 Å². The van der Waals surface area contributed by atoms with Crippen molar-refractivity contribution in [1.82, 2.24) is 10.2 Å². The molecule has 0 aromatic heterocycles. The highest BCUT2D eigenvalue weighted by molar-refractivity contribution is 5.87. The second-order valence-electron chi connectivity index (χ2n) is 9.36. The molecule has 0 atom stereocenters. The molecule has 0 aliphatic carbocycles. The maximum absolute atomic E-state index is 13.6. The molecule has 5 nitrogen and oxygen atoms in total. The molecule has 2 aliphatic heterocycles. The molecule has 1 aromatic carbocycles. The monoisotopic (exact) mass is 435 g/mol. The first-order chi connectivity index (χ1) is 14.8. The number of likely N-dealkylation sites (tertiary alicyclic amines) is 1. The molecule has 1 N–H and O–H groups in total. The van der Waals surface area contributed by atoms with Gasteiger partial charge in [-0.3, -0.25) is 0 Å². The quantitative estimate of drug-likeness (QED) is 0.600. The van der Waals surface area contributed by atoms with E-state index >= 15 is 0 Å². The van der Waals surface area contributed by atoms with Crippen LogP contribution >= 0.6 is 0 Å². The molecule has 172 valence electrons. The summed E-state index contributed by atoms with van der Waals surface area (Å²) in [5.41, 5.74) is 0.888. The first-order valence-corrected chi connectivity index (χ1v) is 11.3. The number of aliphatic imine (C=N–C) groups is 1. The van der Waals surface area contributed by atoms with Crippen LogP contribution in [0.2, 0.25) is 0 Å². The van der Waals surface area contributed by atoms with Crippen molar-refractivity contribution in [2.24, 2.45) is 10.9 Å². The van der Waals surface area contributed by atoms with Gasteiger partial charge in [-0.05, 0) is 90.6 Å². The lowest BCUT2D eigenvalue weighted by atomic mass is 9.94. The average molecular weight is 436 g/mol. The molecule has 0 saturated carbocycles. The van der Waals surface area contributed by atoms with Crippen LogP contribution in [0, 0.1) is 17.6 Å². The zero-order valence-electron chi connectivity index (χ0n) is 18.9. The predicted molar refractivity (Wildman–Crippen MR) is 119 cm³/mol. The minimum Gasteiger partial charge on any atom is -0.490 e. The van der Waals surface area contributed by atoms with Gasteiger partial charge in [-0.15, -0.1) is 0 Å². The Morgan fingerprint density at radius 3 is 2.71 bits per heavy atom. The first kappa shape index (κ1) is 23.5. The smallest absolute Gasteiger partial charge is 0.230 e. The Bertz CT molecular complexity index is 782. The molecule has 0 amide bonds. The Hall–Kier alpha value is -2.15. The van der Waals surface area contributed by atoms with Crippen molar-refractivity contribution in [3.05, 3.63) is 41.9 Å². The summed E-state index contributed by atoms with van der Waals surface area (Å²) in [7, 11) is 0. The van der Waals surface area contributed by atoms with Gasteiger partial charge in [-0.25, -0.2) is 13.8 Å². The second kappa shape index (κ2) is 10.9. The zero-order valence-corrected chi connectivity index (χ0v) is 18.9. The van der Waals surface area contributed by atoms with Gasteiger partial charge in [-0.1, -0.05) is 0 Å². The third kappa shape index (κ3) is 8.13. The van der Waals surface area contributed by atoms with Crippen molar-refractivity contribution >= 4 is 5.71 Å². The minimum absolute atomic E-state index is 0.00320. The third-order valence-corrected chi connectivity index (χ3v) is 5.53. The number of nitrogens with zero attached hydrogens (tertiary/aromatic N) is 2. The van der Waals surface area contributed by atoms with Gasteiger partial charge in [0.25, 0.3) is 0 Å². The van der Waals surface area contributed by atoms with Crippen LogP contribution in [0.1, 0.15) is 52.9 Å². The van der Waals surface area contributed by atoms with Crippen LogP contribution in [0.15, 0.2) is 35.3 Å². The molecule has 1 fully saturated rings. The van der Waals surface area contributed by atoms with E-state index in [1.165, 1.54) is 0 Å². The van der Waals surface area contributed by atoms with E-state index in [0.717, 1.165) is 82.2 Å². The topological polar surface area (TPSA) is 46.1 Å². The van der Waals surface area contributed by atoms with Gasteiger partial charge < -0.3 is 19.7 Å². The summed E-state index contributed by atoms with van der Waals surface area (Å²) in [4.78, 5) is 7.15. The van der Waals surface area contributed by atoms with Crippen LogP contribution in [0.5, 0.6) is 5.75 Å². The van der Waals surface area contributed by atoms with E-state index in [1.807, 2.05) is 27.0 Å². The van der Waals surface area contributed by atoms with Crippen molar-refractivity contribution in [2.45, 2.75) is 58.5 Å². The number of hydrogen-bond donors (Lipinski definition) is 1. The van der Waals surface area contributed by atoms with Crippen LogP contribution in [0.3, 0.4) is 0 Å². The molecular weight excluding hydrogens is 400 g/mol. The molecule has 1 aromatic rings. The number of piperidine rings is 1. The summed E-state index contributed by atoms with van der Waals surface area (Å²) in [5, 5.41) is 3.25. The van der Waals surface area contributed by atoms with Gasteiger partial charge in [-0.2, -0.15) is 0 Å². The van der Waals surface area contributed by atoms with Crippen molar-refractivity contribution in [3.63, 3.8) is 0 Å². The molecule has 1 saturated heterocycles. The summed E-state index contributed by atoms with van der Waals surface area (Å²) in [6.45, 7) is 10.5. The molecule has 0 bridgehead atoms. The zero-order chi connectivity index (χ0) is 22.3. The molecule has 0 spiro atoms. The van der Waals surface area contributed by atoms with E-state index in [4.69, 9.17) is 9.47 Å². The lowest BCUT2D eigenvalue weighted by Gasteiger charge is -2.32. The van der Waals surface area contributed by atoms with E-state index in [0.29, 0.717) is 18.4 Å². The summed E-state index contributed by atoms with van der Waals surface area (Å²) in [6.07, 6.45) is 6.98. The Morgan fingerprint density at radius 1 is 1.19 bits per heavy atom. The van der Waals surface area contributed by atoms with Crippen LogP contribution < -0.4 is 10.1 Å². The average Bonchev–Trinajstić information content (AvgIpc) is 2.71. The van der Waals surface area contributed by atoms with Gasteiger partial charge in [0, 0.05) is 11.8 Å². The van der Waals surface area contributed by atoms with Crippen molar-refractivity contribution < 1.29 is 18.3 Å². The summed E-state index contributed by atoms with van der Waals surface area (Å²) < 4.78 is 38.1. The van der Waals surface area contributed by atoms with Gasteiger partial charge in [0.05, 0.1) is 19.4 Å². The van der Waals surface area contributed by atoms with Crippen LogP contribution in [0.4, 0.5) is 8.78 Å². The maximum Gasteiger partial charge on any atom is 0.230 e. The number of ether oxygens (including phenoxy) is 2. The number of hydrogen-bond acceptors (Lipinski definition) is 5. The largest absolute Gasteiger partial charge is 0.490 e. The van der Waals surface area contributed by atoms with Crippen molar-refractivity contribution in [1.29, 1.82) is 0 Å². The maximum atomic E-state index is 13.6. The van der Waals surface area contributed by atoms with Crippen LogP contribution in [-0.4, -0.2) is 49.0 Å². The fraction of sp³-hybridized carbons (Fsp3) is 0.625. The van der Waals surface area contributed by atoms with Gasteiger partial charge in [0.1, 0.15) is 11.4 Å². The standard InChI is InChI=1S/C24H35F2N3O2/c1-24(2,3)31-23-17-27-16-20(28-23)5-4-11-29-12-8-18(9-13-29)10-14-30-22-15-19(25)6-7-21(22)26/h6-7,15,17-18,27H,4-5,8-14,16H2,1-3H3. The van der Waals surface area contributed by atoms with Crippen LogP contribution in [0.25, 0.3) is 0 Å². The second-order valence-corrected chi connectivity index (χ2v) is 9.36. The molecule has 7 heteroatoms.